The van der Waals surface area contributed by atoms with E-state index in [2.05, 4.69) is 88.4 Å². The molecule has 18 heteroatoms. The number of hydrogen-bond donors (Lipinski definition) is 0. The highest BCUT2D eigenvalue weighted by molar-refractivity contribution is 7.35. The highest BCUT2D eigenvalue weighted by Crippen LogP contribution is 2.52. The molecule has 0 unspecified atom stereocenters. The highest BCUT2D eigenvalue weighted by Gasteiger charge is 2.23. The van der Waals surface area contributed by atoms with Crippen LogP contribution in [0.15, 0.2) is 70.3 Å². The van der Waals surface area contributed by atoms with Gasteiger partial charge in [0.2, 0.25) is 0 Å². The molecule has 0 spiro atoms. The van der Waals surface area contributed by atoms with Crippen LogP contribution in [0.1, 0.15) is 228 Å². The van der Waals surface area contributed by atoms with Crippen LogP contribution in [0.4, 0.5) is 0 Å². The Morgan fingerprint density at radius 2 is 0.622 bits per heavy atom. The fourth-order valence-electron chi connectivity index (χ4n) is 12.8. The van der Waals surface area contributed by atoms with Crippen molar-refractivity contribution in [1.29, 1.82) is 21.0 Å². The third-order valence-electron chi connectivity index (χ3n) is 18.1. The summed E-state index contributed by atoms with van der Waals surface area (Å²) < 4.78 is 7.73. The predicted octanol–water partition coefficient (Wildman–Crippen LogP) is 23.5. The molecule has 0 saturated carbocycles. The maximum Gasteiger partial charge on any atom is 0.269 e. The molecular formula is C80H90N6O2S10. The average Bonchev–Trinajstić information content (AvgIpc) is 1.63. The van der Waals surface area contributed by atoms with Crippen LogP contribution in [-0.2, 0) is 38.8 Å². The summed E-state index contributed by atoms with van der Waals surface area (Å²) in [6, 6.07) is 31.9. The smallest absolute Gasteiger partial charge is 0.269 e. The molecule has 0 aliphatic rings. The zero-order valence-corrected chi connectivity index (χ0v) is 65.9. The van der Waals surface area contributed by atoms with Gasteiger partial charge in [0.25, 0.3) is 11.1 Å². The Labute approximate surface area is 619 Å². The normalized spacial score (nSPS) is 11.9. The van der Waals surface area contributed by atoms with E-state index in [-0.39, 0.29) is 22.3 Å². The maximum absolute atomic E-state index is 13.7. The van der Waals surface area contributed by atoms with Crippen LogP contribution in [0.2, 0.25) is 0 Å². The van der Waals surface area contributed by atoms with E-state index in [4.69, 9.17) is 0 Å². The third-order valence-corrected chi connectivity index (χ3v) is 30.6. The van der Waals surface area contributed by atoms with Crippen LogP contribution >= 0.6 is 113 Å². The Balaban J connectivity index is 0.962. The summed E-state index contributed by atoms with van der Waals surface area (Å²) in [5.41, 5.74) is 5.17. The van der Waals surface area contributed by atoms with Gasteiger partial charge in [-0.25, -0.2) is 0 Å². The molecule has 0 N–H and O–H groups in total. The van der Waals surface area contributed by atoms with Crippen LogP contribution in [0.3, 0.4) is 0 Å². The fourth-order valence-corrected chi connectivity index (χ4v) is 25.1. The van der Waals surface area contributed by atoms with E-state index in [1.165, 1.54) is 254 Å². The summed E-state index contributed by atoms with van der Waals surface area (Å²) in [5, 5.41) is 39.0. The van der Waals surface area contributed by atoms with Crippen LogP contribution in [-0.4, -0.2) is 9.13 Å². The van der Waals surface area contributed by atoms with Crippen LogP contribution in [0.25, 0.3) is 91.2 Å². The fraction of sp³-hybridized carbons (Fsp3) is 0.450. The van der Waals surface area contributed by atoms with E-state index in [9.17, 15) is 30.6 Å². The lowest BCUT2D eigenvalue weighted by molar-refractivity contribution is 0.608. The second-order valence-electron chi connectivity index (χ2n) is 25.4. The lowest BCUT2D eigenvalue weighted by Gasteiger charge is -2.04. The number of thiazole rings is 2. The van der Waals surface area contributed by atoms with Gasteiger partial charge >= 0.3 is 0 Å². The van der Waals surface area contributed by atoms with Crippen molar-refractivity contribution in [3.05, 3.63) is 132 Å². The molecule has 10 heterocycles. The standard InChI is InChI=1S/C80H90N6O2S10/c1-7-13-17-21-25-29-33-53-41-59(45-71-77(87)85(11-5)79(97-71)57(49-81)50-82)89-73(53)61-37-39-63(91-61)75-55(35-31-27-23-19-15-9-3)43-65(95-75)67-47-69-70(93-67)48-68(94-69)66-44-56(36-32-28-24-20-16-10-4)76(96-66)64-40-38-62(92-64)74-54(34-30-26-22-18-14-8-2)42-60(90-74)46-72-78(88)86(12-6)80(98-72)58(51-83)52-84/h37-48H,7-36H2,1-6H3/b71-45-,72-46+. The van der Waals surface area contributed by atoms with Gasteiger partial charge in [-0.15, -0.1) is 113 Å². The molecule has 0 radical (unpaired) electrons. The van der Waals surface area contributed by atoms with Gasteiger partial charge in [0.05, 0.1) is 9.06 Å². The Kier molecular flexibility index (Phi) is 28.8. The molecule has 10 aromatic rings. The summed E-state index contributed by atoms with van der Waals surface area (Å²) in [5.74, 6) is 0. The minimum Gasteiger partial charge on any atom is -0.298 e. The van der Waals surface area contributed by atoms with E-state index >= 15 is 0 Å². The van der Waals surface area contributed by atoms with E-state index < -0.39 is 0 Å². The van der Waals surface area contributed by atoms with Crippen molar-refractivity contribution in [2.24, 2.45) is 0 Å². The lowest BCUT2D eigenvalue weighted by Crippen LogP contribution is -2.31. The number of aromatic nitrogens is 2. The number of rotatable bonds is 38. The Hall–Kier alpha value is -5.84. The van der Waals surface area contributed by atoms with E-state index in [1.54, 1.807) is 31.8 Å². The molecule has 8 nitrogen and oxygen atoms in total. The third kappa shape index (κ3) is 18.6. The molecule has 0 fully saturated rings. The molecule has 0 atom stereocenters. The van der Waals surface area contributed by atoms with E-state index in [1.807, 2.05) is 118 Å². The topological polar surface area (TPSA) is 139 Å². The molecule has 0 aliphatic carbocycles. The SMILES string of the molecule is CCCCCCCCc1cc(/C=c2\sc(=C(C#N)C#N)n(CC)c2=O)sc1-c1ccc(-c2sc(-c3cc4sc(-c5cc(CCCCCCCC)c(-c6ccc(-c7sc(/C=c8/sc(=C(C#N)C#N)n(CC)c8=O)cc7CCCCCCCC)s6)s5)cc4s3)cc2CCCCCCCC)s1. The second kappa shape index (κ2) is 37.7. The van der Waals surface area contributed by atoms with Gasteiger partial charge in [0, 0.05) is 90.8 Å². The Bertz CT molecular complexity index is 4520. The summed E-state index contributed by atoms with van der Waals surface area (Å²) in [7, 11) is 0. The minimum atomic E-state index is -0.157. The van der Waals surface area contributed by atoms with E-state index in [0.717, 1.165) is 48.3 Å². The first-order valence-corrected chi connectivity index (χ1v) is 43.9. The molecule has 10 aromatic heterocycles. The number of aryl methyl sites for hydroxylation is 4. The van der Waals surface area contributed by atoms with Crippen molar-refractivity contribution in [3.63, 3.8) is 0 Å². The largest absolute Gasteiger partial charge is 0.298 e. The monoisotopic (exact) mass is 1490 g/mol. The van der Waals surface area contributed by atoms with Gasteiger partial charge in [-0.2, -0.15) is 21.0 Å². The Morgan fingerprint density at radius 3 is 0.929 bits per heavy atom. The molecule has 0 saturated heterocycles. The van der Waals surface area contributed by atoms with Crippen LogP contribution in [0, 0.1) is 45.3 Å². The summed E-state index contributed by atoms with van der Waals surface area (Å²) in [6.45, 7) is 13.6. The second-order valence-corrected chi connectivity index (χ2v) is 36.1. The zero-order valence-electron chi connectivity index (χ0n) is 57.7. The van der Waals surface area contributed by atoms with Crippen molar-refractivity contribution in [2.45, 2.75) is 234 Å². The van der Waals surface area contributed by atoms with Crippen molar-refractivity contribution in [1.82, 2.24) is 9.13 Å². The number of nitriles is 4. The van der Waals surface area contributed by atoms with Gasteiger partial charge in [-0.1, -0.05) is 156 Å². The van der Waals surface area contributed by atoms with Crippen molar-refractivity contribution < 1.29 is 0 Å². The van der Waals surface area contributed by atoms with Crippen molar-refractivity contribution >= 4 is 146 Å². The average molecular weight is 1490 g/mol. The van der Waals surface area contributed by atoms with Gasteiger partial charge in [0.1, 0.15) is 33.6 Å². The predicted molar refractivity (Wildman–Crippen MR) is 431 cm³/mol. The molecule has 10 rings (SSSR count). The first-order valence-electron chi connectivity index (χ1n) is 35.8. The summed E-state index contributed by atoms with van der Waals surface area (Å²) in [6.07, 6.45) is 37.7. The van der Waals surface area contributed by atoms with E-state index in [0.29, 0.717) is 31.5 Å². The maximum atomic E-state index is 13.7. The van der Waals surface area contributed by atoms with Gasteiger partial charge in [0.15, 0.2) is 11.1 Å². The molecule has 98 heavy (non-hydrogen) atoms. The summed E-state index contributed by atoms with van der Waals surface area (Å²) in [4.78, 5) is 45.3. The molecule has 0 aromatic carbocycles. The van der Waals surface area contributed by atoms with Crippen LogP contribution in [0.5, 0.6) is 0 Å². The highest BCUT2D eigenvalue weighted by atomic mass is 32.1. The zero-order chi connectivity index (χ0) is 68.9. The molecular weight excluding hydrogens is 1400 g/mol. The molecule has 512 valence electrons. The lowest BCUT2D eigenvalue weighted by atomic mass is 10.0. The first kappa shape index (κ1) is 74.8. The number of thiophene rings is 8. The summed E-state index contributed by atoms with van der Waals surface area (Å²) >= 11 is 17.5. The Morgan fingerprint density at radius 1 is 0.337 bits per heavy atom. The van der Waals surface area contributed by atoms with Crippen molar-refractivity contribution in [2.75, 3.05) is 0 Å². The first-order chi connectivity index (χ1) is 48.0. The van der Waals surface area contributed by atoms with Gasteiger partial charge in [-0.05, 0) is 160 Å². The number of hydrogen-bond acceptors (Lipinski definition) is 16. The number of unbranched alkanes of at least 4 members (excludes halogenated alkanes) is 20. The number of fused-ring (bicyclic) bond motifs is 1. The molecule has 0 amide bonds. The number of nitrogens with zero attached hydrogens (tertiary/aromatic N) is 6. The molecule has 0 bridgehead atoms. The quantitative estimate of drug-likeness (QED) is 0.0353. The van der Waals surface area contributed by atoms with Crippen molar-refractivity contribution in [3.8, 4) is 82.8 Å². The molecule has 0 aliphatic heterocycles. The van der Waals surface area contributed by atoms with Gasteiger partial charge in [-0.3, -0.25) is 18.7 Å². The minimum absolute atomic E-state index is 0.0269. The van der Waals surface area contributed by atoms with Gasteiger partial charge < -0.3 is 0 Å². The van der Waals surface area contributed by atoms with Crippen LogP contribution < -0.4 is 29.5 Å².